The molecular formula is C12H17NO2. The Kier molecular flexibility index (Phi) is 2.43. The van der Waals surface area contributed by atoms with Crippen LogP contribution in [0.15, 0.2) is 23.1 Å². The minimum Gasteiger partial charge on any atom is -0.377 e. The third-order valence-electron chi connectivity index (χ3n) is 2.83. The van der Waals surface area contributed by atoms with Crippen molar-refractivity contribution in [2.24, 2.45) is 0 Å². The maximum atomic E-state index is 11.8. The Balaban J connectivity index is 2.35. The van der Waals surface area contributed by atoms with Crippen LogP contribution in [0.3, 0.4) is 0 Å². The maximum absolute atomic E-state index is 11.8. The molecule has 1 aromatic heterocycles. The third kappa shape index (κ3) is 1.97. The predicted octanol–water partition coefficient (Wildman–Crippen LogP) is 1.72. The summed E-state index contributed by atoms with van der Waals surface area (Å²) in [6.07, 6.45) is 1.89. The summed E-state index contributed by atoms with van der Waals surface area (Å²) in [6, 6.07) is 4.00. The highest BCUT2D eigenvalue weighted by Crippen LogP contribution is 2.21. The van der Waals surface area contributed by atoms with Crippen molar-refractivity contribution in [3.8, 4) is 0 Å². The summed E-state index contributed by atoms with van der Waals surface area (Å²) < 4.78 is 6.84. The first kappa shape index (κ1) is 10.4. The fraction of sp³-hybridized carbons (Fsp3) is 0.583. The third-order valence-corrected chi connectivity index (χ3v) is 2.83. The van der Waals surface area contributed by atoms with Crippen molar-refractivity contribution in [1.29, 1.82) is 0 Å². The molecule has 1 aliphatic rings. The Bertz CT molecular complexity index is 410. The van der Waals surface area contributed by atoms with Crippen LogP contribution in [0, 0.1) is 0 Å². The van der Waals surface area contributed by atoms with Crippen LogP contribution in [0.25, 0.3) is 0 Å². The standard InChI is InChI=1S/C12H17NO2/c1-12(2,3)9-4-5-13(11(14)6-9)10-7-15-8-10/h4-6,10H,7-8H2,1-3H3. The highest BCUT2D eigenvalue weighted by molar-refractivity contribution is 5.20. The van der Waals surface area contributed by atoms with Crippen LogP contribution in [-0.2, 0) is 10.2 Å². The zero-order valence-corrected chi connectivity index (χ0v) is 9.49. The second-order valence-corrected chi connectivity index (χ2v) is 5.10. The van der Waals surface area contributed by atoms with Gasteiger partial charge in [0.2, 0.25) is 0 Å². The lowest BCUT2D eigenvalue weighted by atomic mass is 9.88. The highest BCUT2D eigenvalue weighted by Gasteiger charge is 2.22. The summed E-state index contributed by atoms with van der Waals surface area (Å²) in [5.74, 6) is 0. The first-order chi connectivity index (χ1) is 6.98. The maximum Gasteiger partial charge on any atom is 0.251 e. The molecule has 1 saturated heterocycles. The van der Waals surface area contributed by atoms with Crippen molar-refractivity contribution in [2.75, 3.05) is 13.2 Å². The Morgan fingerprint density at radius 1 is 1.40 bits per heavy atom. The molecule has 3 nitrogen and oxygen atoms in total. The first-order valence-electron chi connectivity index (χ1n) is 5.29. The molecule has 0 atom stereocenters. The molecule has 0 aliphatic carbocycles. The summed E-state index contributed by atoms with van der Waals surface area (Å²) in [5, 5.41) is 0. The van der Waals surface area contributed by atoms with Crippen molar-refractivity contribution in [2.45, 2.75) is 32.2 Å². The zero-order valence-electron chi connectivity index (χ0n) is 9.49. The molecule has 0 bridgehead atoms. The Hall–Kier alpha value is -1.09. The van der Waals surface area contributed by atoms with E-state index in [-0.39, 0.29) is 17.0 Å². The molecule has 82 valence electrons. The van der Waals surface area contributed by atoms with Gasteiger partial charge < -0.3 is 9.30 Å². The van der Waals surface area contributed by atoms with Crippen LogP contribution < -0.4 is 5.56 Å². The molecule has 1 aliphatic heterocycles. The lowest BCUT2D eigenvalue weighted by molar-refractivity contribution is -0.0248. The van der Waals surface area contributed by atoms with Gasteiger partial charge in [0.05, 0.1) is 19.3 Å². The Morgan fingerprint density at radius 2 is 2.07 bits per heavy atom. The molecular weight excluding hydrogens is 190 g/mol. The average Bonchev–Trinajstić information content (AvgIpc) is 2.03. The number of hydrogen-bond acceptors (Lipinski definition) is 2. The zero-order chi connectivity index (χ0) is 11.1. The van der Waals surface area contributed by atoms with Gasteiger partial charge in [-0.15, -0.1) is 0 Å². The lowest BCUT2D eigenvalue weighted by Crippen LogP contribution is -2.37. The van der Waals surface area contributed by atoms with Crippen molar-refractivity contribution in [3.05, 3.63) is 34.2 Å². The quantitative estimate of drug-likeness (QED) is 0.702. The Labute approximate surface area is 89.7 Å². The molecule has 0 N–H and O–H groups in total. The van der Waals surface area contributed by atoms with Gasteiger partial charge in [-0.2, -0.15) is 0 Å². The molecule has 3 heteroatoms. The largest absolute Gasteiger partial charge is 0.377 e. The molecule has 0 unspecified atom stereocenters. The molecule has 0 amide bonds. The van der Waals surface area contributed by atoms with E-state index < -0.39 is 0 Å². The molecule has 0 spiro atoms. The minimum absolute atomic E-state index is 0.0361. The van der Waals surface area contributed by atoms with Crippen LogP contribution >= 0.6 is 0 Å². The molecule has 0 aromatic carbocycles. The Morgan fingerprint density at radius 3 is 2.47 bits per heavy atom. The van der Waals surface area contributed by atoms with Crippen LogP contribution in [0.5, 0.6) is 0 Å². The van der Waals surface area contributed by atoms with Crippen LogP contribution in [0.2, 0.25) is 0 Å². The summed E-state index contributed by atoms with van der Waals surface area (Å²) in [7, 11) is 0. The van der Waals surface area contributed by atoms with Crippen LogP contribution in [0.4, 0.5) is 0 Å². The fourth-order valence-corrected chi connectivity index (χ4v) is 1.64. The second kappa shape index (κ2) is 3.49. The van der Waals surface area contributed by atoms with Crippen molar-refractivity contribution in [3.63, 3.8) is 0 Å². The molecule has 0 radical (unpaired) electrons. The van der Waals surface area contributed by atoms with Gasteiger partial charge in [-0.05, 0) is 17.0 Å². The highest BCUT2D eigenvalue weighted by atomic mass is 16.5. The van der Waals surface area contributed by atoms with E-state index in [4.69, 9.17) is 4.74 Å². The number of aromatic nitrogens is 1. The molecule has 2 rings (SSSR count). The second-order valence-electron chi connectivity index (χ2n) is 5.10. The summed E-state index contributed by atoms with van der Waals surface area (Å²) >= 11 is 0. The van der Waals surface area contributed by atoms with Gasteiger partial charge in [0.25, 0.3) is 5.56 Å². The van der Waals surface area contributed by atoms with Crippen molar-refractivity contribution < 1.29 is 4.74 Å². The number of hydrogen-bond donors (Lipinski definition) is 0. The van der Waals surface area contributed by atoms with Crippen molar-refractivity contribution >= 4 is 0 Å². The van der Waals surface area contributed by atoms with E-state index in [0.717, 1.165) is 5.56 Å². The van der Waals surface area contributed by atoms with Crippen LogP contribution in [-0.4, -0.2) is 17.8 Å². The summed E-state index contributed by atoms with van der Waals surface area (Å²) in [6.45, 7) is 7.65. The predicted molar refractivity (Wildman–Crippen MR) is 59.3 cm³/mol. The monoisotopic (exact) mass is 207 g/mol. The topological polar surface area (TPSA) is 31.2 Å². The summed E-state index contributed by atoms with van der Waals surface area (Å²) in [4.78, 5) is 11.8. The number of nitrogens with zero attached hydrogens (tertiary/aromatic N) is 1. The van der Waals surface area contributed by atoms with E-state index in [2.05, 4.69) is 20.8 Å². The molecule has 0 saturated carbocycles. The molecule has 2 heterocycles. The average molecular weight is 207 g/mol. The van der Waals surface area contributed by atoms with Gasteiger partial charge in [0.1, 0.15) is 0 Å². The smallest absolute Gasteiger partial charge is 0.251 e. The van der Waals surface area contributed by atoms with E-state index in [9.17, 15) is 4.79 Å². The van der Waals surface area contributed by atoms with E-state index in [1.165, 1.54) is 0 Å². The van der Waals surface area contributed by atoms with Crippen LogP contribution in [0.1, 0.15) is 32.4 Å². The van der Waals surface area contributed by atoms with Gasteiger partial charge >= 0.3 is 0 Å². The first-order valence-corrected chi connectivity index (χ1v) is 5.29. The van der Waals surface area contributed by atoms with Gasteiger partial charge in [-0.3, -0.25) is 4.79 Å². The number of ether oxygens (including phenoxy) is 1. The van der Waals surface area contributed by atoms with Gasteiger partial charge in [-0.1, -0.05) is 20.8 Å². The van der Waals surface area contributed by atoms with E-state index in [1.807, 2.05) is 12.3 Å². The van der Waals surface area contributed by atoms with Crippen molar-refractivity contribution in [1.82, 2.24) is 4.57 Å². The molecule has 1 aromatic rings. The SMILES string of the molecule is CC(C)(C)c1ccn(C2COC2)c(=O)c1. The minimum atomic E-state index is 0.0361. The number of rotatable bonds is 1. The molecule has 1 fully saturated rings. The fourth-order valence-electron chi connectivity index (χ4n) is 1.64. The van der Waals surface area contributed by atoms with E-state index >= 15 is 0 Å². The van der Waals surface area contributed by atoms with Gasteiger partial charge in [0, 0.05) is 12.3 Å². The van der Waals surface area contributed by atoms with Gasteiger partial charge in [-0.25, -0.2) is 0 Å². The van der Waals surface area contributed by atoms with E-state index in [1.54, 1.807) is 10.6 Å². The van der Waals surface area contributed by atoms with Gasteiger partial charge in [0.15, 0.2) is 0 Å². The number of pyridine rings is 1. The normalized spacial score (nSPS) is 17.5. The summed E-state index contributed by atoms with van der Waals surface area (Å²) in [5.41, 5.74) is 1.20. The van der Waals surface area contributed by atoms with E-state index in [0.29, 0.717) is 13.2 Å². The molecule has 15 heavy (non-hydrogen) atoms. The lowest BCUT2D eigenvalue weighted by Gasteiger charge is -2.28.